The van der Waals surface area contributed by atoms with Crippen LogP contribution in [0, 0.1) is 0 Å². The van der Waals surface area contributed by atoms with Crippen molar-refractivity contribution in [3.05, 3.63) is 170 Å². The van der Waals surface area contributed by atoms with Crippen molar-refractivity contribution < 1.29 is 4.42 Å². The lowest BCUT2D eigenvalue weighted by Crippen LogP contribution is -2.10. The average molecular weight is 589 g/mol. The van der Waals surface area contributed by atoms with Crippen LogP contribution < -0.4 is 4.90 Å². The maximum atomic E-state index is 6.46. The molecule has 0 saturated heterocycles. The molecule has 3 nitrogen and oxygen atoms in total. The zero-order valence-corrected chi connectivity index (χ0v) is 25.0. The zero-order valence-electron chi connectivity index (χ0n) is 25.0. The van der Waals surface area contributed by atoms with Crippen molar-refractivity contribution in [3.8, 4) is 22.3 Å². The molecule has 0 aliphatic rings. The minimum absolute atomic E-state index is 0.765. The third kappa shape index (κ3) is 4.41. The Morgan fingerprint density at radius 3 is 1.80 bits per heavy atom. The molecular weight excluding hydrogens is 560 g/mol. The third-order valence-electron chi connectivity index (χ3n) is 8.92. The largest absolute Gasteiger partial charge is 0.452 e. The molecule has 2 heterocycles. The number of rotatable bonds is 5. The third-order valence-corrected chi connectivity index (χ3v) is 8.92. The summed E-state index contributed by atoms with van der Waals surface area (Å²) in [7, 11) is 0. The normalized spacial score (nSPS) is 11.5. The molecule has 0 radical (unpaired) electrons. The topological polar surface area (TPSA) is 29.3 Å². The highest BCUT2D eigenvalue weighted by molar-refractivity contribution is 6.09. The summed E-state index contributed by atoms with van der Waals surface area (Å²) >= 11 is 0. The van der Waals surface area contributed by atoms with Crippen LogP contribution >= 0.6 is 0 Å². The summed E-state index contributed by atoms with van der Waals surface area (Å²) in [6.07, 6.45) is 1.87. The van der Waals surface area contributed by atoms with Crippen LogP contribution in [-0.2, 0) is 0 Å². The maximum Gasteiger partial charge on any atom is 0.177 e. The number of aromatic nitrogens is 1. The first-order valence-corrected chi connectivity index (χ1v) is 15.5. The van der Waals surface area contributed by atoms with E-state index in [1.165, 1.54) is 43.8 Å². The van der Waals surface area contributed by atoms with Gasteiger partial charge < -0.3 is 9.32 Å². The molecule has 0 spiro atoms. The standard InChI is InChI=1S/C43H28N2O/c1-2-8-29(9-3-1)30-16-21-35(22-17-30)45(40-26-27-44-42-39-12-6-7-13-41(39)46-43(40)42)36-23-18-31(19-24-36)33-20-25-38-34(28-33)15-14-32-10-4-5-11-37(32)38/h1-28H. The van der Waals surface area contributed by atoms with Crippen molar-refractivity contribution in [2.75, 3.05) is 4.90 Å². The van der Waals surface area contributed by atoms with Gasteiger partial charge >= 0.3 is 0 Å². The molecule has 0 N–H and O–H groups in total. The van der Waals surface area contributed by atoms with E-state index in [0.717, 1.165) is 39.1 Å². The maximum absolute atomic E-state index is 6.46. The number of benzene rings is 7. The predicted molar refractivity (Wildman–Crippen MR) is 192 cm³/mol. The predicted octanol–water partition coefficient (Wildman–Crippen LogP) is 12.1. The number of hydrogen-bond donors (Lipinski definition) is 0. The molecule has 216 valence electrons. The summed E-state index contributed by atoms with van der Waals surface area (Å²) in [5, 5.41) is 6.07. The lowest BCUT2D eigenvalue weighted by atomic mass is 9.97. The molecule has 9 rings (SSSR count). The van der Waals surface area contributed by atoms with Gasteiger partial charge in [-0.25, -0.2) is 0 Å². The highest BCUT2D eigenvalue weighted by atomic mass is 16.3. The van der Waals surface area contributed by atoms with Gasteiger partial charge in [0.2, 0.25) is 0 Å². The van der Waals surface area contributed by atoms with Crippen LogP contribution in [0.4, 0.5) is 17.1 Å². The van der Waals surface area contributed by atoms with Crippen LogP contribution in [0.15, 0.2) is 174 Å². The van der Waals surface area contributed by atoms with Gasteiger partial charge in [-0.15, -0.1) is 0 Å². The zero-order chi connectivity index (χ0) is 30.5. The van der Waals surface area contributed by atoms with Gasteiger partial charge in [0.25, 0.3) is 0 Å². The van der Waals surface area contributed by atoms with Gasteiger partial charge in [-0.2, -0.15) is 0 Å². The molecule has 0 atom stereocenters. The Morgan fingerprint density at radius 1 is 0.435 bits per heavy atom. The summed E-state index contributed by atoms with van der Waals surface area (Å²) in [5.41, 5.74) is 10.2. The van der Waals surface area contributed by atoms with E-state index >= 15 is 0 Å². The summed E-state index contributed by atoms with van der Waals surface area (Å²) in [6, 6.07) is 57.9. The molecule has 0 saturated carbocycles. The molecule has 2 aromatic heterocycles. The van der Waals surface area contributed by atoms with Crippen LogP contribution in [0.5, 0.6) is 0 Å². The highest BCUT2D eigenvalue weighted by Gasteiger charge is 2.20. The van der Waals surface area contributed by atoms with Gasteiger partial charge in [-0.3, -0.25) is 4.98 Å². The molecule has 9 aromatic rings. The van der Waals surface area contributed by atoms with Gasteiger partial charge in [0.15, 0.2) is 5.58 Å². The molecule has 7 aromatic carbocycles. The van der Waals surface area contributed by atoms with Crippen LogP contribution in [0.25, 0.3) is 65.9 Å². The van der Waals surface area contributed by atoms with Gasteiger partial charge in [-0.05, 0) is 92.3 Å². The number of anilines is 3. The lowest BCUT2D eigenvalue weighted by molar-refractivity contribution is 0.668. The number of nitrogens with zero attached hydrogens (tertiary/aromatic N) is 2. The quantitative estimate of drug-likeness (QED) is 0.187. The molecular formula is C43H28N2O. The van der Waals surface area contributed by atoms with Gasteiger partial charge in [0, 0.05) is 23.0 Å². The Balaban J connectivity index is 1.16. The van der Waals surface area contributed by atoms with E-state index < -0.39 is 0 Å². The second-order valence-corrected chi connectivity index (χ2v) is 11.6. The Labute approximate surface area is 266 Å². The Morgan fingerprint density at radius 2 is 1.02 bits per heavy atom. The minimum atomic E-state index is 0.765. The minimum Gasteiger partial charge on any atom is -0.452 e. The molecule has 46 heavy (non-hydrogen) atoms. The lowest BCUT2D eigenvalue weighted by Gasteiger charge is -2.26. The van der Waals surface area contributed by atoms with E-state index in [0.29, 0.717) is 0 Å². The van der Waals surface area contributed by atoms with E-state index in [9.17, 15) is 0 Å². The Hall–Kier alpha value is -6.19. The van der Waals surface area contributed by atoms with Crippen molar-refractivity contribution in [2.24, 2.45) is 0 Å². The van der Waals surface area contributed by atoms with E-state index in [1.807, 2.05) is 36.5 Å². The van der Waals surface area contributed by atoms with Crippen molar-refractivity contribution in [1.82, 2.24) is 4.98 Å². The van der Waals surface area contributed by atoms with Gasteiger partial charge in [0.1, 0.15) is 11.1 Å². The van der Waals surface area contributed by atoms with E-state index in [2.05, 4.69) is 138 Å². The number of furan rings is 1. The fraction of sp³-hybridized carbons (Fsp3) is 0. The molecule has 0 aliphatic heterocycles. The van der Waals surface area contributed by atoms with E-state index in [1.54, 1.807) is 0 Å². The van der Waals surface area contributed by atoms with Crippen molar-refractivity contribution >= 4 is 60.7 Å². The van der Waals surface area contributed by atoms with Gasteiger partial charge in [-0.1, -0.05) is 115 Å². The SMILES string of the molecule is c1ccc(-c2ccc(N(c3ccc(-c4ccc5c(ccc6ccccc65)c4)cc3)c3ccnc4c3oc3ccccc34)cc2)cc1. The van der Waals surface area contributed by atoms with Crippen molar-refractivity contribution in [2.45, 2.75) is 0 Å². The van der Waals surface area contributed by atoms with E-state index in [-0.39, 0.29) is 0 Å². The molecule has 3 heteroatoms. The molecule has 0 amide bonds. The fourth-order valence-corrected chi connectivity index (χ4v) is 6.62. The van der Waals surface area contributed by atoms with E-state index in [4.69, 9.17) is 9.40 Å². The number of pyridine rings is 1. The number of para-hydroxylation sites is 1. The first-order chi connectivity index (χ1) is 22.8. The summed E-state index contributed by atoms with van der Waals surface area (Å²) in [5.74, 6) is 0. The molecule has 0 fully saturated rings. The summed E-state index contributed by atoms with van der Waals surface area (Å²) < 4.78 is 6.46. The average Bonchev–Trinajstić information content (AvgIpc) is 3.52. The molecule has 0 bridgehead atoms. The summed E-state index contributed by atoms with van der Waals surface area (Å²) in [4.78, 5) is 6.99. The van der Waals surface area contributed by atoms with Crippen LogP contribution in [0.2, 0.25) is 0 Å². The Bertz CT molecular complexity index is 2510. The number of hydrogen-bond acceptors (Lipinski definition) is 3. The first kappa shape index (κ1) is 26.2. The van der Waals surface area contributed by atoms with Crippen LogP contribution in [0.1, 0.15) is 0 Å². The first-order valence-electron chi connectivity index (χ1n) is 15.5. The Kier molecular flexibility index (Phi) is 6.14. The molecule has 0 aliphatic carbocycles. The monoisotopic (exact) mass is 588 g/mol. The smallest absolute Gasteiger partial charge is 0.177 e. The number of fused-ring (bicyclic) bond motifs is 6. The van der Waals surface area contributed by atoms with Crippen LogP contribution in [-0.4, -0.2) is 4.98 Å². The van der Waals surface area contributed by atoms with Crippen molar-refractivity contribution in [3.63, 3.8) is 0 Å². The van der Waals surface area contributed by atoms with Gasteiger partial charge in [0.05, 0.1) is 5.69 Å². The second-order valence-electron chi connectivity index (χ2n) is 11.6. The second kappa shape index (κ2) is 10.8. The highest BCUT2D eigenvalue weighted by Crippen LogP contribution is 2.42. The van der Waals surface area contributed by atoms with Crippen LogP contribution in [0.3, 0.4) is 0 Å². The van der Waals surface area contributed by atoms with Crippen molar-refractivity contribution in [1.29, 1.82) is 0 Å². The fourth-order valence-electron chi connectivity index (χ4n) is 6.62. The molecule has 0 unspecified atom stereocenters. The summed E-state index contributed by atoms with van der Waals surface area (Å²) in [6.45, 7) is 0.